The maximum Gasteiger partial charge on any atom is 0.407 e. The Kier molecular flexibility index (Phi) is 6.72. The molecule has 178 valence electrons. The van der Waals surface area contributed by atoms with E-state index in [4.69, 9.17) is 4.74 Å². The molecule has 0 radical (unpaired) electrons. The Morgan fingerprint density at radius 2 is 1.65 bits per heavy atom. The van der Waals surface area contributed by atoms with Gasteiger partial charge in [-0.1, -0.05) is 54.6 Å². The normalized spacial score (nSPS) is 16.7. The number of rotatable bonds is 9. The van der Waals surface area contributed by atoms with Crippen molar-refractivity contribution < 1.29 is 24.2 Å². The fourth-order valence-electron chi connectivity index (χ4n) is 4.71. The van der Waals surface area contributed by atoms with Crippen LogP contribution in [0.2, 0.25) is 0 Å². The molecule has 0 bridgehead atoms. The van der Waals surface area contributed by atoms with Crippen LogP contribution in [0.25, 0.3) is 11.1 Å². The molecule has 0 aliphatic heterocycles. The van der Waals surface area contributed by atoms with Crippen molar-refractivity contribution in [1.29, 1.82) is 0 Å². The van der Waals surface area contributed by atoms with Crippen molar-refractivity contribution >= 4 is 18.0 Å². The van der Waals surface area contributed by atoms with E-state index in [1.807, 2.05) is 24.3 Å². The Labute approximate surface area is 199 Å². The number of amides is 2. The van der Waals surface area contributed by atoms with E-state index in [0.29, 0.717) is 5.57 Å². The maximum absolute atomic E-state index is 12.6. The molecule has 2 aliphatic carbocycles. The second kappa shape index (κ2) is 9.71. The number of carbonyl (C=O) groups excluding carboxylic acids is 2. The first-order chi connectivity index (χ1) is 16.3. The first-order valence-electron chi connectivity index (χ1n) is 11.6. The van der Waals surface area contributed by atoms with Crippen molar-refractivity contribution in [3.8, 4) is 11.1 Å². The van der Waals surface area contributed by atoms with E-state index in [1.54, 1.807) is 19.9 Å². The van der Waals surface area contributed by atoms with Crippen molar-refractivity contribution in [3.63, 3.8) is 0 Å². The molecule has 3 N–H and O–H groups in total. The first kappa shape index (κ1) is 23.5. The number of carboxylic acid groups (broad SMARTS) is 1. The molecule has 1 fully saturated rings. The lowest BCUT2D eigenvalue weighted by Crippen LogP contribution is -2.49. The molecule has 2 amide bonds. The molecule has 1 atom stereocenters. The van der Waals surface area contributed by atoms with Crippen LogP contribution in [0.4, 0.5) is 4.79 Å². The number of benzene rings is 2. The van der Waals surface area contributed by atoms with Crippen LogP contribution in [0.3, 0.4) is 0 Å². The summed E-state index contributed by atoms with van der Waals surface area (Å²) in [5, 5.41) is 14.7. The number of nitrogens with one attached hydrogen (secondary N) is 2. The Morgan fingerprint density at radius 3 is 2.21 bits per heavy atom. The summed E-state index contributed by atoms with van der Waals surface area (Å²) in [5.41, 5.74) is 4.26. The minimum atomic E-state index is -0.937. The minimum absolute atomic E-state index is 0.0180. The van der Waals surface area contributed by atoms with Gasteiger partial charge in [0.15, 0.2) is 0 Å². The molecule has 0 heterocycles. The fourth-order valence-corrected chi connectivity index (χ4v) is 4.71. The molecule has 2 aliphatic rings. The van der Waals surface area contributed by atoms with Crippen LogP contribution in [0.5, 0.6) is 0 Å². The molecule has 1 unspecified atom stereocenters. The average molecular weight is 463 g/mol. The zero-order valence-corrected chi connectivity index (χ0v) is 19.5. The number of hydrogen-bond donors (Lipinski definition) is 3. The summed E-state index contributed by atoms with van der Waals surface area (Å²) in [6.45, 7) is 3.77. The van der Waals surface area contributed by atoms with Crippen molar-refractivity contribution in [2.75, 3.05) is 13.2 Å². The monoisotopic (exact) mass is 462 g/mol. The Morgan fingerprint density at radius 1 is 1.06 bits per heavy atom. The number of carboxylic acids is 1. The van der Waals surface area contributed by atoms with Crippen LogP contribution in [-0.4, -0.2) is 41.8 Å². The smallest absolute Gasteiger partial charge is 0.407 e. The van der Waals surface area contributed by atoms with Gasteiger partial charge in [0, 0.05) is 18.0 Å². The number of fused-ring (bicyclic) bond motifs is 3. The van der Waals surface area contributed by atoms with Crippen LogP contribution in [0, 0.1) is 5.92 Å². The highest BCUT2D eigenvalue weighted by Crippen LogP contribution is 2.44. The number of hydrogen-bond acceptors (Lipinski definition) is 4. The molecule has 7 nitrogen and oxygen atoms in total. The summed E-state index contributed by atoms with van der Waals surface area (Å²) >= 11 is 0. The van der Waals surface area contributed by atoms with Crippen molar-refractivity contribution in [2.24, 2.45) is 5.92 Å². The highest BCUT2D eigenvalue weighted by atomic mass is 16.5. The van der Waals surface area contributed by atoms with E-state index < -0.39 is 17.6 Å². The highest BCUT2D eigenvalue weighted by molar-refractivity contribution is 5.93. The summed E-state index contributed by atoms with van der Waals surface area (Å²) in [5.74, 6) is -1.10. The quantitative estimate of drug-likeness (QED) is 0.484. The largest absolute Gasteiger partial charge is 0.481 e. The van der Waals surface area contributed by atoms with Crippen LogP contribution in [0.15, 0.2) is 60.2 Å². The van der Waals surface area contributed by atoms with Gasteiger partial charge in [-0.05, 0) is 54.9 Å². The number of alkyl carbamates (subject to hydrolysis) is 1. The van der Waals surface area contributed by atoms with E-state index >= 15 is 0 Å². The van der Waals surface area contributed by atoms with Gasteiger partial charge in [0.2, 0.25) is 5.91 Å². The van der Waals surface area contributed by atoms with E-state index in [2.05, 4.69) is 34.9 Å². The Hall–Kier alpha value is -3.61. The van der Waals surface area contributed by atoms with Gasteiger partial charge >= 0.3 is 12.1 Å². The Bertz CT molecular complexity index is 1090. The third-order valence-corrected chi connectivity index (χ3v) is 6.75. The van der Waals surface area contributed by atoms with Crippen molar-refractivity contribution in [3.05, 3.63) is 71.3 Å². The van der Waals surface area contributed by atoms with Gasteiger partial charge in [0.1, 0.15) is 6.61 Å². The molecule has 2 aromatic carbocycles. The van der Waals surface area contributed by atoms with Crippen molar-refractivity contribution in [1.82, 2.24) is 10.6 Å². The van der Waals surface area contributed by atoms with Gasteiger partial charge < -0.3 is 20.5 Å². The van der Waals surface area contributed by atoms with Crippen LogP contribution in [0.1, 0.15) is 50.2 Å². The minimum Gasteiger partial charge on any atom is -0.481 e. The molecule has 4 rings (SSSR count). The van der Waals surface area contributed by atoms with Gasteiger partial charge in [-0.3, -0.25) is 9.59 Å². The Balaban J connectivity index is 1.29. The molecule has 1 saturated carbocycles. The molecule has 34 heavy (non-hydrogen) atoms. The summed E-state index contributed by atoms with van der Waals surface area (Å²) in [6, 6.07) is 16.3. The van der Waals surface area contributed by atoms with Gasteiger partial charge in [-0.25, -0.2) is 4.79 Å². The third kappa shape index (κ3) is 5.14. The lowest BCUT2D eigenvalue weighted by atomic mass is 9.91. The summed E-state index contributed by atoms with van der Waals surface area (Å²) in [7, 11) is 0. The molecular formula is C27H30N2O5. The van der Waals surface area contributed by atoms with Gasteiger partial charge in [-0.15, -0.1) is 0 Å². The van der Waals surface area contributed by atoms with Crippen LogP contribution < -0.4 is 10.6 Å². The number of aliphatic carboxylic acids is 1. The molecule has 0 aromatic heterocycles. The van der Waals surface area contributed by atoms with E-state index in [1.165, 1.54) is 0 Å². The first-order valence-corrected chi connectivity index (χ1v) is 11.6. The molecule has 7 heteroatoms. The second-order valence-electron chi connectivity index (χ2n) is 9.31. The third-order valence-electron chi connectivity index (χ3n) is 6.75. The van der Waals surface area contributed by atoms with E-state index in [9.17, 15) is 19.5 Å². The predicted octanol–water partition coefficient (Wildman–Crippen LogP) is 4.23. The zero-order chi connectivity index (χ0) is 24.3. The van der Waals surface area contributed by atoms with Crippen LogP contribution in [-0.2, 0) is 14.3 Å². The molecule has 2 aromatic rings. The maximum atomic E-state index is 12.6. The summed E-state index contributed by atoms with van der Waals surface area (Å²) in [6.07, 6.45) is 2.76. The summed E-state index contributed by atoms with van der Waals surface area (Å²) in [4.78, 5) is 36.1. The molecule has 0 spiro atoms. The number of carbonyl (C=O) groups is 3. The van der Waals surface area contributed by atoms with Gasteiger partial charge in [0.25, 0.3) is 0 Å². The van der Waals surface area contributed by atoms with Crippen molar-refractivity contribution in [2.45, 2.75) is 44.6 Å². The topological polar surface area (TPSA) is 105 Å². The van der Waals surface area contributed by atoms with E-state index in [-0.39, 0.29) is 37.3 Å². The highest BCUT2D eigenvalue weighted by Gasteiger charge is 2.44. The lowest BCUT2D eigenvalue weighted by Gasteiger charge is -2.29. The predicted molar refractivity (Wildman–Crippen MR) is 128 cm³/mol. The summed E-state index contributed by atoms with van der Waals surface area (Å²) < 4.78 is 5.50. The zero-order valence-electron chi connectivity index (χ0n) is 19.5. The van der Waals surface area contributed by atoms with Gasteiger partial charge in [-0.2, -0.15) is 0 Å². The SMILES string of the molecule is C/C(=C\CNC(=O)OCC1c2ccccc2-c2ccccc21)C(=O)NC(C)(CC(=O)O)C1CC1. The van der Waals surface area contributed by atoms with Gasteiger partial charge in [0.05, 0.1) is 12.0 Å². The lowest BCUT2D eigenvalue weighted by molar-refractivity contribution is -0.139. The number of ether oxygens (including phenoxy) is 1. The fraction of sp³-hybridized carbons (Fsp3) is 0.370. The average Bonchev–Trinajstić information content (AvgIpc) is 3.61. The van der Waals surface area contributed by atoms with E-state index in [0.717, 1.165) is 35.1 Å². The van der Waals surface area contributed by atoms with Crippen LogP contribution >= 0.6 is 0 Å². The molecule has 0 saturated heterocycles. The molecular weight excluding hydrogens is 432 g/mol. The standard InChI is InChI=1S/C27H30N2O5/c1-17(25(32)29-27(2,15-24(30)31)18-11-12-18)13-14-28-26(33)34-16-23-21-9-5-3-7-19(21)20-8-4-6-10-22(20)23/h3-10,13,18,23H,11-12,14-16H2,1-2H3,(H,28,33)(H,29,32)(H,30,31)/b17-13+. The second-order valence-corrected chi connectivity index (χ2v) is 9.31.